The molecule has 4 aromatic heterocycles. The van der Waals surface area contributed by atoms with Gasteiger partial charge in [-0.1, -0.05) is 47.0 Å². The van der Waals surface area contributed by atoms with Crippen LogP contribution in [0.2, 0.25) is 0 Å². The first-order chi connectivity index (χ1) is 34.1. The molecule has 0 N–H and O–H groups in total. The molecule has 2 aromatic carbocycles. The van der Waals surface area contributed by atoms with Gasteiger partial charge in [0, 0.05) is 36.8 Å². The van der Waals surface area contributed by atoms with E-state index in [-0.39, 0.29) is 46.9 Å². The fourth-order valence-electron chi connectivity index (χ4n) is 8.38. The molecule has 71 heavy (non-hydrogen) atoms. The first-order valence-electron chi connectivity index (χ1n) is 23.4. The van der Waals surface area contributed by atoms with Crippen LogP contribution in [0.25, 0.3) is 33.4 Å². The molecule has 0 unspecified atom stereocenters. The number of halogens is 3. The van der Waals surface area contributed by atoms with E-state index in [1.807, 2.05) is 13.8 Å². The number of esters is 2. The molecule has 1 amide bonds. The molecule has 5 heterocycles. The molecule has 0 spiro atoms. The summed E-state index contributed by atoms with van der Waals surface area (Å²) >= 11 is 4.60. The van der Waals surface area contributed by atoms with Gasteiger partial charge in [0.2, 0.25) is 0 Å². The summed E-state index contributed by atoms with van der Waals surface area (Å²) in [6.07, 6.45) is 7.29. The van der Waals surface area contributed by atoms with Crippen molar-refractivity contribution >= 4 is 57.1 Å². The van der Waals surface area contributed by atoms with E-state index in [0.717, 1.165) is 42.5 Å². The lowest BCUT2D eigenvalue weighted by molar-refractivity contribution is 0.0585. The third kappa shape index (κ3) is 13.3. The van der Waals surface area contributed by atoms with Gasteiger partial charge in [0.05, 0.1) is 75.2 Å². The summed E-state index contributed by atoms with van der Waals surface area (Å²) < 4.78 is 61.3. The highest BCUT2D eigenvalue weighted by atomic mass is 35.5. The number of carbonyl (C=O) groups excluding carboxylic acids is 4. The van der Waals surface area contributed by atoms with Crippen molar-refractivity contribution in [3.8, 4) is 22.9 Å². The van der Waals surface area contributed by atoms with Crippen molar-refractivity contribution in [3.05, 3.63) is 95.1 Å². The van der Waals surface area contributed by atoms with Crippen LogP contribution in [0, 0.1) is 23.5 Å². The maximum absolute atomic E-state index is 13.5. The van der Waals surface area contributed by atoms with Gasteiger partial charge in [0.1, 0.15) is 23.1 Å². The number of piperidine rings is 1. The van der Waals surface area contributed by atoms with Gasteiger partial charge in [0.15, 0.2) is 22.7 Å². The van der Waals surface area contributed by atoms with Crippen LogP contribution < -0.4 is 9.47 Å². The number of hydrogen-bond donors (Lipinski definition) is 0. The monoisotopic (exact) mass is 1000 g/mol. The zero-order chi connectivity index (χ0) is 51.4. The Kier molecular flexibility index (Phi) is 18.7. The second-order valence-corrected chi connectivity index (χ2v) is 18.0. The normalized spacial score (nSPS) is 14.1. The highest BCUT2D eigenvalue weighted by Crippen LogP contribution is 2.37. The van der Waals surface area contributed by atoms with Gasteiger partial charge < -0.3 is 33.3 Å². The average Bonchev–Trinajstić information content (AvgIpc) is 3.98. The van der Waals surface area contributed by atoms with Crippen molar-refractivity contribution in [1.29, 1.82) is 0 Å². The number of hydrogen-bond acceptors (Lipinski definition) is 14. The molecule has 2 aliphatic rings. The van der Waals surface area contributed by atoms with Crippen molar-refractivity contribution in [2.24, 2.45) is 11.8 Å². The van der Waals surface area contributed by atoms with Crippen LogP contribution in [-0.4, -0.2) is 113 Å². The molecule has 2 fully saturated rings. The van der Waals surface area contributed by atoms with Crippen LogP contribution in [0.3, 0.4) is 0 Å². The number of fused-ring (bicyclic) bond motifs is 2. The first kappa shape index (κ1) is 53.5. The zero-order valence-electron chi connectivity index (χ0n) is 41.2. The van der Waals surface area contributed by atoms with E-state index in [1.165, 1.54) is 72.0 Å². The number of rotatable bonds is 12. The summed E-state index contributed by atoms with van der Waals surface area (Å²) in [6, 6.07) is 15.2. The molecule has 0 bridgehead atoms. The number of likely N-dealkylation sites (tertiary alicyclic amines) is 1. The van der Waals surface area contributed by atoms with Gasteiger partial charge >= 0.3 is 23.5 Å². The molecule has 1 aliphatic heterocycles. The molecule has 1 saturated carbocycles. The van der Waals surface area contributed by atoms with Crippen LogP contribution in [0.5, 0.6) is 11.5 Å². The summed E-state index contributed by atoms with van der Waals surface area (Å²) in [6.45, 7) is 10.3. The van der Waals surface area contributed by atoms with Gasteiger partial charge in [-0.15, -0.1) is 0 Å². The molecule has 20 heteroatoms. The summed E-state index contributed by atoms with van der Waals surface area (Å²) in [5.41, 5.74) is 3.25. The summed E-state index contributed by atoms with van der Waals surface area (Å²) in [4.78, 5) is 56.6. The van der Waals surface area contributed by atoms with E-state index >= 15 is 0 Å². The lowest BCUT2D eigenvalue weighted by Gasteiger charge is -2.30. The standard InChI is InChI=1S/C25H29FN4O5.C24H28FN3O3.C2H3ClO2/c1-15(2)22-21-20(35-14-16-9-11-29(12-10-16)25(32)34-4)13-19(24(31)33-3)27-23(21)30(28-22)18-7-5-17(26)6-8-18;1-15(2)22-21-20(31-14-16-7-5-4-6-8-16)13-19(24(29)30-3)26-23(21)28(27-22)18-11-9-17(25)10-12-18;1-5-2(3)4/h5-8,13,15-16H,9-12,14H2,1-4H3;9-13,15-16H,4-8,14H2,1-3H3;1H3. The Hall–Kier alpha value is -6.89. The molecular formula is C51H60ClF2N7O10. The van der Waals surface area contributed by atoms with E-state index in [2.05, 4.69) is 40.2 Å². The van der Waals surface area contributed by atoms with Crippen LogP contribution in [-0.2, 0) is 18.9 Å². The van der Waals surface area contributed by atoms with Crippen molar-refractivity contribution in [2.75, 3.05) is 54.7 Å². The van der Waals surface area contributed by atoms with Gasteiger partial charge in [0.25, 0.3) is 0 Å². The average molecular weight is 1000 g/mol. The number of benzene rings is 2. The minimum Gasteiger partial charge on any atom is -0.492 e. The van der Waals surface area contributed by atoms with Crippen molar-refractivity contribution in [2.45, 2.75) is 84.5 Å². The fraction of sp³-hybridized carbons (Fsp3) is 0.451. The van der Waals surface area contributed by atoms with E-state index in [1.54, 1.807) is 50.7 Å². The molecule has 17 nitrogen and oxygen atoms in total. The smallest absolute Gasteiger partial charge is 0.409 e. The van der Waals surface area contributed by atoms with Crippen molar-refractivity contribution in [3.63, 3.8) is 0 Å². The van der Waals surface area contributed by atoms with E-state index in [0.29, 0.717) is 71.8 Å². The summed E-state index contributed by atoms with van der Waals surface area (Å²) in [5.74, 6) is 0.134. The van der Waals surface area contributed by atoms with Gasteiger partial charge in [-0.3, -0.25) is 0 Å². The molecule has 8 rings (SSSR count). The predicted molar refractivity (Wildman–Crippen MR) is 261 cm³/mol. The Morgan fingerprint density at radius 2 is 1.00 bits per heavy atom. The SMILES string of the molecule is COC(=O)Cl.COC(=O)c1cc(OCC2CCCCC2)c2c(C(C)C)nn(-c3ccc(F)cc3)c2n1.COC(=O)c1cc(OCC2CCN(C(=O)OC)CC2)c2c(C(C)C)nn(-c3ccc(F)cc3)c2n1. The summed E-state index contributed by atoms with van der Waals surface area (Å²) in [7, 11) is 5.22. The lowest BCUT2D eigenvalue weighted by Crippen LogP contribution is -2.39. The second-order valence-electron chi connectivity index (χ2n) is 17.7. The Labute approximate surface area is 415 Å². The quantitative estimate of drug-likeness (QED) is 0.0639. The number of pyridine rings is 2. The van der Waals surface area contributed by atoms with Crippen LogP contribution in [0.4, 0.5) is 18.4 Å². The molecule has 6 aromatic rings. The number of amides is 1. The van der Waals surface area contributed by atoms with Gasteiger partial charge in [-0.25, -0.2) is 47.3 Å². The van der Waals surface area contributed by atoms with E-state index in [4.69, 9.17) is 33.9 Å². The Morgan fingerprint density at radius 1 is 0.606 bits per heavy atom. The Balaban J connectivity index is 0.000000213. The predicted octanol–water partition coefficient (Wildman–Crippen LogP) is 10.7. The highest BCUT2D eigenvalue weighted by Gasteiger charge is 2.28. The second kappa shape index (κ2) is 24.8. The minimum absolute atomic E-state index is 0.0376. The maximum Gasteiger partial charge on any atom is 0.409 e. The molecule has 0 radical (unpaired) electrons. The number of aromatic nitrogens is 6. The Bertz CT molecular complexity index is 2790. The lowest BCUT2D eigenvalue weighted by atomic mass is 9.90. The zero-order valence-corrected chi connectivity index (χ0v) is 42.0. The maximum atomic E-state index is 13.5. The molecule has 1 saturated heterocycles. The van der Waals surface area contributed by atoms with Crippen molar-refractivity contribution < 1.29 is 56.4 Å². The number of ether oxygens (including phenoxy) is 6. The van der Waals surface area contributed by atoms with Gasteiger partial charge in [-0.05, 0) is 97.9 Å². The third-order valence-corrected chi connectivity index (χ3v) is 12.3. The Morgan fingerprint density at radius 3 is 1.35 bits per heavy atom. The topological polar surface area (TPSA) is 188 Å². The van der Waals surface area contributed by atoms with Crippen molar-refractivity contribution in [1.82, 2.24) is 34.4 Å². The number of methoxy groups -OCH3 is 4. The highest BCUT2D eigenvalue weighted by molar-refractivity contribution is 6.61. The first-order valence-corrected chi connectivity index (χ1v) is 23.8. The van der Waals surface area contributed by atoms with Gasteiger partial charge in [-0.2, -0.15) is 10.2 Å². The largest absolute Gasteiger partial charge is 0.492 e. The van der Waals surface area contributed by atoms with Crippen LogP contribution in [0.1, 0.15) is 117 Å². The van der Waals surface area contributed by atoms with E-state index < -0.39 is 17.4 Å². The van der Waals surface area contributed by atoms with Crippen LogP contribution in [0.15, 0.2) is 60.7 Å². The molecule has 380 valence electrons. The number of nitrogens with zero attached hydrogens (tertiary/aromatic N) is 7. The molecule has 1 aliphatic carbocycles. The summed E-state index contributed by atoms with van der Waals surface area (Å²) in [5, 5.41) is 11.0. The molecule has 0 atom stereocenters. The van der Waals surface area contributed by atoms with E-state index in [9.17, 15) is 28.0 Å². The molecular weight excluding hydrogens is 944 g/mol. The number of carbonyl (C=O) groups is 4. The van der Waals surface area contributed by atoms with Crippen LogP contribution >= 0.6 is 11.6 Å². The fourth-order valence-corrected chi connectivity index (χ4v) is 8.38. The minimum atomic E-state index is -0.773. The third-order valence-electron chi connectivity index (χ3n) is 12.2.